The summed E-state index contributed by atoms with van der Waals surface area (Å²) in [7, 11) is 0. The van der Waals surface area contributed by atoms with Crippen LogP contribution in [0.15, 0.2) is 54.6 Å². The SMILES string of the molecule is Fc1cccc(-c2nc(Cl)c(-c3ccccc3)c(Cl)n2)c1. The van der Waals surface area contributed by atoms with Crippen LogP contribution < -0.4 is 0 Å². The van der Waals surface area contributed by atoms with E-state index in [1.807, 2.05) is 30.3 Å². The lowest BCUT2D eigenvalue weighted by Gasteiger charge is -2.08. The minimum Gasteiger partial charge on any atom is -0.216 e. The van der Waals surface area contributed by atoms with Gasteiger partial charge in [0, 0.05) is 5.56 Å². The number of hydrogen-bond donors (Lipinski definition) is 0. The highest BCUT2D eigenvalue weighted by atomic mass is 35.5. The summed E-state index contributed by atoms with van der Waals surface area (Å²) in [5.74, 6) is -0.0698. The number of halogens is 3. The second-order valence-electron chi connectivity index (χ2n) is 4.38. The predicted molar refractivity (Wildman–Crippen MR) is 82.9 cm³/mol. The quantitative estimate of drug-likeness (QED) is 0.602. The van der Waals surface area contributed by atoms with Gasteiger partial charge in [-0.1, -0.05) is 65.7 Å². The summed E-state index contributed by atoms with van der Waals surface area (Å²) in [6.07, 6.45) is 0. The lowest BCUT2D eigenvalue weighted by atomic mass is 10.1. The van der Waals surface area contributed by atoms with Crippen molar-refractivity contribution < 1.29 is 4.39 Å². The molecule has 0 unspecified atom stereocenters. The van der Waals surface area contributed by atoms with Crippen LogP contribution in [0.1, 0.15) is 0 Å². The van der Waals surface area contributed by atoms with Gasteiger partial charge in [-0.05, 0) is 17.7 Å². The summed E-state index contributed by atoms with van der Waals surface area (Å²) in [4.78, 5) is 8.45. The van der Waals surface area contributed by atoms with E-state index in [1.165, 1.54) is 12.1 Å². The minimum atomic E-state index is -0.365. The molecule has 0 saturated heterocycles. The first-order valence-electron chi connectivity index (χ1n) is 6.19. The highest BCUT2D eigenvalue weighted by Gasteiger charge is 2.14. The molecule has 1 heterocycles. The Morgan fingerprint density at radius 2 is 1.38 bits per heavy atom. The van der Waals surface area contributed by atoms with E-state index in [2.05, 4.69) is 9.97 Å². The average Bonchev–Trinajstić information content (AvgIpc) is 2.47. The molecule has 2 aromatic carbocycles. The number of aromatic nitrogens is 2. The summed E-state index contributed by atoms with van der Waals surface area (Å²) < 4.78 is 13.3. The van der Waals surface area contributed by atoms with Crippen LogP contribution in [0.25, 0.3) is 22.5 Å². The molecular weight excluding hydrogens is 310 g/mol. The summed E-state index contributed by atoms with van der Waals surface area (Å²) in [6, 6.07) is 15.4. The normalized spacial score (nSPS) is 10.6. The van der Waals surface area contributed by atoms with Gasteiger partial charge in [0.2, 0.25) is 0 Å². The van der Waals surface area contributed by atoms with Crippen LogP contribution in [0.3, 0.4) is 0 Å². The van der Waals surface area contributed by atoms with Gasteiger partial charge >= 0.3 is 0 Å². The van der Waals surface area contributed by atoms with E-state index in [0.29, 0.717) is 17.0 Å². The van der Waals surface area contributed by atoms with E-state index >= 15 is 0 Å². The molecule has 1 aromatic heterocycles. The molecule has 0 fully saturated rings. The maximum absolute atomic E-state index is 13.3. The number of hydrogen-bond acceptors (Lipinski definition) is 2. The smallest absolute Gasteiger partial charge is 0.162 e. The van der Waals surface area contributed by atoms with Crippen LogP contribution in [0.2, 0.25) is 10.3 Å². The van der Waals surface area contributed by atoms with Gasteiger partial charge in [0.05, 0.1) is 5.56 Å². The predicted octanol–water partition coefficient (Wildman–Crippen LogP) is 5.26. The molecule has 3 aromatic rings. The van der Waals surface area contributed by atoms with Gasteiger partial charge in [0.15, 0.2) is 5.82 Å². The molecular formula is C16H9Cl2FN2. The third-order valence-corrected chi connectivity index (χ3v) is 3.51. The van der Waals surface area contributed by atoms with Crippen molar-refractivity contribution in [2.75, 3.05) is 0 Å². The van der Waals surface area contributed by atoms with Crippen molar-refractivity contribution >= 4 is 23.2 Å². The van der Waals surface area contributed by atoms with Crippen LogP contribution >= 0.6 is 23.2 Å². The zero-order chi connectivity index (χ0) is 14.8. The van der Waals surface area contributed by atoms with Gasteiger partial charge < -0.3 is 0 Å². The first kappa shape index (κ1) is 14.0. The number of rotatable bonds is 2. The molecule has 0 bridgehead atoms. The second-order valence-corrected chi connectivity index (χ2v) is 5.10. The number of benzene rings is 2. The van der Waals surface area contributed by atoms with Crippen molar-refractivity contribution in [3.8, 4) is 22.5 Å². The van der Waals surface area contributed by atoms with Crippen molar-refractivity contribution in [1.29, 1.82) is 0 Å². The Hall–Kier alpha value is -1.97. The molecule has 0 atom stereocenters. The van der Waals surface area contributed by atoms with E-state index < -0.39 is 0 Å². The lowest BCUT2D eigenvalue weighted by Crippen LogP contribution is -1.95. The Labute approximate surface area is 131 Å². The summed E-state index contributed by atoms with van der Waals surface area (Å²) >= 11 is 12.5. The van der Waals surface area contributed by atoms with Gasteiger partial charge in [-0.25, -0.2) is 14.4 Å². The van der Waals surface area contributed by atoms with Crippen molar-refractivity contribution in [3.05, 3.63) is 70.7 Å². The van der Waals surface area contributed by atoms with Crippen LogP contribution in [0.4, 0.5) is 4.39 Å². The fourth-order valence-electron chi connectivity index (χ4n) is 2.01. The molecule has 2 nitrogen and oxygen atoms in total. The molecule has 0 spiro atoms. The Kier molecular flexibility index (Phi) is 3.86. The van der Waals surface area contributed by atoms with Crippen molar-refractivity contribution in [1.82, 2.24) is 9.97 Å². The highest BCUT2D eigenvalue weighted by Crippen LogP contribution is 2.34. The molecule has 0 N–H and O–H groups in total. The molecule has 104 valence electrons. The standard InChI is InChI=1S/C16H9Cl2FN2/c17-14-13(10-5-2-1-3-6-10)15(18)21-16(20-14)11-7-4-8-12(19)9-11/h1-9H. The first-order chi connectivity index (χ1) is 10.1. The lowest BCUT2D eigenvalue weighted by molar-refractivity contribution is 0.628. The maximum atomic E-state index is 13.3. The molecule has 3 rings (SSSR count). The Balaban J connectivity index is 2.13. The van der Waals surface area contributed by atoms with Gasteiger partial charge in [0.25, 0.3) is 0 Å². The minimum absolute atomic E-state index is 0.237. The summed E-state index contributed by atoms with van der Waals surface area (Å²) in [6.45, 7) is 0. The van der Waals surface area contributed by atoms with Crippen molar-refractivity contribution in [2.45, 2.75) is 0 Å². The Bertz CT molecular complexity index is 768. The van der Waals surface area contributed by atoms with Crippen LogP contribution in [-0.4, -0.2) is 9.97 Å². The molecule has 0 saturated carbocycles. The van der Waals surface area contributed by atoms with Crippen LogP contribution in [0, 0.1) is 5.82 Å². The van der Waals surface area contributed by atoms with E-state index in [9.17, 15) is 4.39 Å². The van der Waals surface area contributed by atoms with Crippen molar-refractivity contribution in [2.24, 2.45) is 0 Å². The second kappa shape index (κ2) is 5.80. The molecule has 0 aliphatic rings. The number of nitrogens with zero attached hydrogens (tertiary/aromatic N) is 2. The molecule has 0 aliphatic carbocycles. The van der Waals surface area contributed by atoms with Gasteiger partial charge in [-0.2, -0.15) is 0 Å². The van der Waals surface area contributed by atoms with Gasteiger partial charge in [-0.3, -0.25) is 0 Å². The molecule has 0 aliphatic heterocycles. The summed E-state index contributed by atoms with van der Waals surface area (Å²) in [5, 5.41) is 0.473. The fraction of sp³-hybridized carbons (Fsp3) is 0. The zero-order valence-electron chi connectivity index (χ0n) is 10.7. The summed E-state index contributed by atoms with van der Waals surface area (Å²) in [5.41, 5.74) is 1.93. The monoisotopic (exact) mass is 318 g/mol. The van der Waals surface area contributed by atoms with E-state index in [0.717, 1.165) is 5.56 Å². The van der Waals surface area contributed by atoms with E-state index in [4.69, 9.17) is 23.2 Å². The van der Waals surface area contributed by atoms with Gasteiger partial charge in [-0.15, -0.1) is 0 Å². The fourth-order valence-corrected chi connectivity index (χ4v) is 2.61. The third-order valence-electron chi connectivity index (χ3n) is 2.97. The third kappa shape index (κ3) is 2.89. The Morgan fingerprint density at radius 1 is 0.762 bits per heavy atom. The molecule has 0 amide bonds. The van der Waals surface area contributed by atoms with E-state index in [-0.39, 0.29) is 16.1 Å². The van der Waals surface area contributed by atoms with Crippen molar-refractivity contribution in [3.63, 3.8) is 0 Å². The molecule has 5 heteroatoms. The van der Waals surface area contributed by atoms with Gasteiger partial charge in [0.1, 0.15) is 16.1 Å². The highest BCUT2D eigenvalue weighted by molar-refractivity contribution is 6.37. The van der Waals surface area contributed by atoms with Crippen LogP contribution in [0.5, 0.6) is 0 Å². The largest absolute Gasteiger partial charge is 0.216 e. The topological polar surface area (TPSA) is 25.8 Å². The zero-order valence-corrected chi connectivity index (χ0v) is 12.2. The average molecular weight is 319 g/mol. The first-order valence-corrected chi connectivity index (χ1v) is 6.95. The maximum Gasteiger partial charge on any atom is 0.162 e. The molecule has 0 radical (unpaired) electrons. The Morgan fingerprint density at radius 3 is 2.00 bits per heavy atom. The van der Waals surface area contributed by atoms with Crippen LogP contribution in [-0.2, 0) is 0 Å². The van der Waals surface area contributed by atoms with E-state index in [1.54, 1.807) is 12.1 Å². The molecule has 21 heavy (non-hydrogen) atoms.